The molecule has 0 amide bonds. The van der Waals surface area contributed by atoms with Crippen molar-refractivity contribution in [1.29, 1.82) is 0 Å². The Bertz CT molecular complexity index is 292. The van der Waals surface area contributed by atoms with Crippen LogP contribution in [0.15, 0.2) is 0 Å². The van der Waals surface area contributed by atoms with E-state index in [4.69, 9.17) is 5.11 Å². The van der Waals surface area contributed by atoms with Crippen LogP contribution in [-0.4, -0.2) is 47.7 Å². The molecule has 4 nitrogen and oxygen atoms in total. The van der Waals surface area contributed by atoms with Crippen molar-refractivity contribution in [3.63, 3.8) is 0 Å². The largest absolute Gasteiger partial charge is 0.481 e. The van der Waals surface area contributed by atoms with Crippen LogP contribution in [0.4, 0.5) is 0 Å². The van der Waals surface area contributed by atoms with Crippen LogP contribution in [0.5, 0.6) is 0 Å². The average Bonchev–Trinajstić information content (AvgIpc) is 3.17. The maximum absolute atomic E-state index is 10.7. The third kappa shape index (κ3) is 5.49. The lowest BCUT2D eigenvalue weighted by atomic mass is 9.89. The molecule has 2 aliphatic rings. The summed E-state index contributed by atoms with van der Waals surface area (Å²) < 4.78 is 0. The summed E-state index contributed by atoms with van der Waals surface area (Å²) in [7, 11) is 0. The first-order valence-electron chi connectivity index (χ1n) is 7.87. The van der Waals surface area contributed by atoms with Gasteiger partial charge in [-0.25, -0.2) is 0 Å². The van der Waals surface area contributed by atoms with Crippen molar-refractivity contribution >= 4 is 5.97 Å². The van der Waals surface area contributed by atoms with E-state index in [2.05, 4.69) is 17.1 Å². The number of hydrogen-bond acceptors (Lipinski definition) is 3. The van der Waals surface area contributed by atoms with Gasteiger partial charge >= 0.3 is 5.97 Å². The van der Waals surface area contributed by atoms with Crippen LogP contribution in [0, 0.1) is 5.92 Å². The molecule has 2 atom stereocenters. The molecule has 2 rings (SSSR count). The summed E-state index contributed by atoms with van der Waals surface area (Å²) in [4.78, 5) is 13.1. The summed E-state index contributed by atoms with van der Waals surface area (Å²) in [5.74, 6) is 0.0705. The van der Waals surface area contributed by atoms with Gasteiger partial charge < -0.3 is 15.3 Å². The number of rotatable bonds is 8. The van der Waals surface area contributed by atoms with Gasteiger partial charge in [-0.3, -0.25) is 4.79 Å². The molecule has 110 valence electrons. The van der Waals surface area contributed by atoms with E-state index in [1.807, 2.05) is 0 Å². The summed E-state index contributed by atoms with van der Waals surface area (Å²) in [6.45, 7) is 5.08. The summed E-state index contributed by atoms with van der Waals surface area (Å²) >= 11 is 0. The molecule has 19 heavy (non-hydrogen) atoms. The highest BCUT2D eigenvalue weighted by Crippen LogP contribution is 2.26. The van der Waals surface area contributed by atoms with E-state index < -0.39 is 5.97 Å². The summed E-state index contributed by atoms with van der Waals surface area (Å²) in [5.41, 5.74) is 0. The van der Waals surface area contributed by atoms with Crippen LogP contribution in [-0.2, 0) is 4.79 Å². The lowest BCUT2D eigenvalue weighted by molar-refractivity contribution is -0.137. The highest BCUT2D eigenvalue weighted by atomic mass is 16.4. The topological polar surface area (TPSA) is 52.6 Å². The monoisotopic (exact) mass is 268 g/mol. The second-order valence-electron chi connectivity index (χ2n) is 6.29. The average molecular weight is 268 g/mol. The first-order valence-corrected chi connectivity index (χ1v) is 7.87. The first kappa shape index (κ1) is 14.8. The Kier molecular flexibility index (Phi) is 5.64. The number of piperidine rings is 1. The van der Waals surface area contributed by atoms with E-state index in [1.165, 1.54) is 38.5 Å². The molecule has 2 N–H and O–H groups in total. The van der Waals surface area contributed by atoms with Crippen molar-refractivity contribution < 1.29 is 9.90 Å². The molecule has 2 unspecified atom stereocenters. The minimum Gasteiger partial charge on any atom is -0.481 e. The number of carboxylic acids is 1. The third-order valence-corrected chi connectivity index (χ3v) is 4.27. The summed E-state index contributed by atoms with van der Waals surface area (Å²) in [6.07, 6.45) is 8.05. The van der Waals surface area contributed by atoms with Crippen LogP contribution in [0.25, 0.3) is 0 Å². The van der Waals surface area contributed by atoms with Gasteiger partial charge in [0.1, 0.15) is 0 Å². The molecule has 0 aromatic heterocycles. The maximum atomic E-state index is 10.7. The molecule has 1 aliphatic carbocycles. The molecule has 0 spiro atoms. The number of likely N-dealkylation sites (tertiary alicyclic amines) is 1. The Labute approximate surface area is 116 Å². The second kappa shape index (κ2) is 7.25. The van der Waals surface area contributed by atoms with Crippen molar-refractivity contribution in [2.45, 2.75) is 64.0 Å². The molecule has 1 aliphatic heterocycles. The number of carboxylic acid groups (broad SMARTS) is 1. The highest BCUT2D eigenvalue weighted by Gasteiger charge is 2.31. The van der Waals surface area contributed by atoms with Crippen molar-refractivity contribution in [1.82, 2.24) is 10.2 Å². The normalized spacial score (nSPS) is 28.5. The van der Waals surface area contributed by atoms with Gasteiger partial charge in [0.15, 0.2) is 0 Å². The smallest absolute Gasteiger partial charge is 0.304 e. The number of aliphatic carboxylic acids is 1. The van der Waals surface area contributed by atoms with Crippen molar-refractivity contribution in [2.75, 3.05) is 19.6 Å². The first-order chi connectivity index (χ1) is 9.17. The zero-order chi connectivity index (χ0) is 13.7. The molecular weight excluding hydrogens is 240 g/mol. The SMILES string of the molecule is CCCCC1CC(NC2CC2)CN(CCC(=O)O)C1. The molecule has 1 saturated heterocycles. The molecule has 0 aromatic rings. The number of nitrogens with one attached hydrogen (secondary N) is 1. The van der Waals surface area contributed by atoms with Gasteiger partial charge in [0.2, 0.25) is 0 Å². The maximum Gasteiger partial charge on any atom is 0.304 e. The molecule has 0 bridgehead atoms. The van der Waals surface area contributed by atoms with Crippen LogP contribution in [0.1, 0.15) is 51.9 Å². The highest BCUT2D eigenvalue weighted by molar-refractivity contribution is 5.66. The number of carbonyl (C=O) groups is 1. The van der Waals surface area contributed by atoms with Crippen molar-refractivity contribution in [3.8, 4) is 0 Å². The van der Waals surface area contributed by atoms with Gasteiger partial charge in [-0.2, -0.15) is 0 Å². The molecule has 0 radical (unpaired) electrons. The second-order valence-corrected chi connectivity index (χ2v) is 6.29. The number of hydrogen-bond donors (Lipinski definition) is 2. The lowest BCUT2D eigenvalue weighted by Crippen LogP contribution is -2.50. The molecule has 0 aromatic carbocycles. The standard InChI is InChI=1S/C15H28N2O2/c1-2-3-4-12-9-14(16-13-5-6-13)11-17(10-12)8-7-15(18)19/h12-14,16H,2-11H2,1H3,(H,18,19). The summed E-state index contributed by atoms with van der Waals surface area (Å²) in [6, 6.07) is 1.33. The summed E-state index contributed by atoms with van der Waals surface area (Å²) in [5, 5.41) is 12.6. The van der Waals surface area contributed by atoms with Crippen LogP contribution in [0.2, 0.25) is 0 Å². The van der Waals surface area contributed by atoms with Gasteiger partial charge in [0.25, 0.3) is 0 Å². The van der Waals surface area contributed by atoms with E-state index in [0.717, 1.165) is 25.0 Å². The number of nitrogens with zero attached hydrogens (tertiary/aromatic N) is 1. The fourth-order valence-corrected chi connectivity index (χ4v) is 3.15. The van der Waals surface area contributed by atoms with E-state index >= 15 is 0 Å². The predicted molar refractivity (Wildman–Crippen MR) is 76.3 cm³/mol. The van der Waals surface area contributed by atoms with E-state index in [9.17, 15) is 4.79 Å². The molecule has 1 heterocycles. The van der Waals surface area contributed by atoms with Crippen LogP contribution < -0.4 is 5.32 Å². The Hall–Kier alpha value is -0.610. The quantitative estimate of drug-likeness (QED) is 0.708. The third-order valence-electron chi connectivity index (χ3n) is 4.27. The van der Waals surface area contributed by atoms with Crippen LogP contribution >= 0.6 is 0 Å². The van der Waals surface area contributed by atoms with Gasteiger partial charge in [-0.05, 0) is 31.6 Å². The fourth-order valence-electron chi connectivity index (χ4n) is 3.15. The Morgan fingerprint density at radius 1 is 1.32 bits per heavy atom. The molecule has 4 heteroatoms. The molecule has 1 saturated carbocycles. The van der Waals surface area contributed by atoms with Gasteiger partial charge in [0, 0.05) is 31.7 Å². The minimum absolute atomic E-state index is 0.274. The Morgan fingerprint density at radius 2 is 2.11 bits per heavy atom. The molecular formula is C15H28N2O2. The number of unbranched alkanes of at least 4 members (excludes halogenated alkanes) is 1. The minimum atomic E-state index is -0.678. The lowest BCUT2D eigenvalue weighted by Gasteiger charge is -2.38. The fraction of sp³-hybridized carbons (Fsp3) is 0.933. The van der Waals surface area contributed by atoms with Crippen molar-refractivity contribution in [2.24, 2.45) is 5.92 Å². The van der Waals surface area contributed by atoms with Gasteiger partial charge in [-0.1, -0.05) is 19.8 Å². The zero-order valence-electron chi connectivity index (χ0n) is 12.1. The Morgan fingerprint density at radius 3 is 2.74 bits per heavy atom. The van der Waals surface area contributed by atoms with Gasteiger partial charge in [-0.15, -0.1) is 0 Å². The Balaban J connectivity index is 1.80. The van der Waals surface area contributed by atoms with E-state index in [-0.39, 0.29) is 6.42 Å². The zero-order valence-corrected chi connectivity index (χ0v) is 12.1. The van der Waals surface area contributed by atoms with Crippen LogP contribution in [0.3, 0.4) is 0 Å². The predicted octanol–water partition coefficient (Wildman–Crippen LogP) is 2.09. The van der Waals surface area contributed by atoms with E-state index in [1.54, 1.807) is 0 Å². The molecule has 2 fully saturated rings. The van der Waals surface area contributed by atoms with Crippen molar-refractivity contribution in [3.05, 3.63) is 0 Å². The van der Waals surface area contributed by atoms with Gasteiger partial charge in [0.05, 0.1) is 6.42 Å². The van der Waals surface area contributed by atoms with E-state index in [0.29, 0.717) is 12.6 Å².